The van der Waals surface area contributed by atoms with E-state index in [1.165, 1.54) is 0 Å². The fourth-order valence-electron chi connectivity index (χ4n) is 1.27. The van der Waals surface area contributed by atoms with Crippen LogP contribution >= 0.6 is 0 Å². The van der Waals surface area contributed by atoms with Crippen LogP contribution in [0, 0.1) is 11.3 Å². The van der Waals surface area contributed by atoms with Gasteiger partial charge in [-0.3, -0.25) is 0 Å². The molecule has 0 fully saturated rings. The second kappa shape index (κ2) is 4.85. The lowest BCUT2D eigenvalue weighted by molar-refractivity contribution is 1.10. The zero-order chi connectivity index (χ0) is 11.2. The monoisotopic (exact) mass is 207 g/mol. The molecule has 0 saturated heterocycles. The number of aromatic nitrogens is 2. The second-order valence-corrected chi connectivity index (χ2v) is 3.16. The lowest BCUT2D eigenvalue weighted by atomic mass is 10.2. The summed E-state index contributed by atoms with van der Waals surface area (Å²) in [6.07, 6.45) is 5.39. The summed E-state index contributed by atoms with van der Waals surface area (Å²) in [4.78, 5) is 7.85. The molecule has 16 heavy (non-hydrogen) atoms. The van der Waals surface area contributed by atoms with Gasteiger partial charge in [-0.05, 0) is 17.7 Å². The SMILES string of the molecule is N#Cc1nccc(C=Cc2ccccc2)n1. The first-order valence-corrected chi connectivity index (χ1v) is 4.85. The van der Waals surface area contributed by atoms with Crippen LogP contribution in [0.15, 0.2) is 42.6 Å². The summed E-state index contributed by atoms with van der Waals surface area (Å²) >= 11 is 0. The van der Waals surface area contributed by atoms with E-state index in [0.717, 1.165) is 11.3 Å². The average molecular weight is 207 g/mol. The molecule has 76 valence electrons. The highest BCUT2D eigenvalue weighted by Gasteiger charge is 1.93. The lowest BCUT2D eigenvalue weighted by Gasteiger charge is -1.93. The maximum Gasteiger partial charge on any atom is 0.232 e. The van der Waals surface area contributed by atoms with Gasteiger partial charge in [0.05, 0.1) is 5.69 Å². The number of nitrogens with zero attached hydrogens (tertiary/aromatic N) is 3. The van der Waals surface area contributed by atoms with Crippen molar-refractivity contribution in [3.05, 3.63) is 59.7 Å². The highest BCUT2D eigenvalue weighted by atomic mass is 14.9. The third-order valence-electron chi connectivity index (χ3n) is 2.02. The van der Waals surface area contributed by atoms with E-state index in [1.807, 2.05) is 48.6 Å². The van der Waals surface area contributed by atoms with Gasteiger partial charge < -0.3 is 0 Å². The number of rotatable bonds is 2. The molecule has 1 aromatic heterocycles. The van der Waals surface area contributed by atoms with Gasteiger partial charge in [0.15, 0.2) is 0 Å². The summed E-state index contributed by atoms with van der Waals surface area (Å²) in [6, 6.07) is 13.6. The molecule has 2 aromatic rings. The van der Waals surface area contributed by atoms with Crippen molar-refractivity contribution < 1.29 is 0 Å². The molecule has 0 saturated carbocycles. The molecule has 0 spiro atoms. The molecule has 0 bridgehead atoms. The maximum absolute atomic E-state index is 8.65. The summed E-state index contributed by atoms with van der Waals surface area (Å²) < 4.78 is 0. The van der Waals surface area contributed by atoms with E-state index in [4.69, 9.17) is 5.26 Å². The Morgan fingerprint density at radius 2 is 1.88 bits per heavy atom. The zero-order valence-corrected chi connectivity index (χ0v) is 8.54. The van der Waals surface area contributed by atoms with Crippen molar-refractivity contribution >= 4 is 12.2 Å². The minimum atomic E-state index is 0.190. The smallest absolute Gasteiger partial charge is 0.227 e. The second-order valence-electron chi connectivity index (χ2n) is 3.16. The van der Waals surface area contributed by atoms with Gasteiger partial charge in [0, 0.05) is 6.20 Å². The van der Waals surface area contributed by atoms with Gasteiger partial charge in [-0.15, -0.1) is 0 Å². The topological polar surface area (TPSA) is 49.6 Å². The Balaban J connectivity index is 2.21. The standard InChI is InChI=1S/C13H9N3/c14-10-13-15-9-8-12(16-13)7-6-11-4-2-1-3-5-11/h1-9H. The Bertz CT molecular complexity index is 539. The van der Waals surface area contributed by atoms with Gasteiger partial charge in [0.2, 0.25) is 5.82 Å². The molecule has 1 heterocycles. The van der Waals surface area contributed by atoms with E-state index >= 15 is 0 Å². The number of benzene rings is 1. The third-order valence-corrected chi connectivity index (χ3v) is 2.02. The lowest BCUT2D eigenvalue weighted by Crippen LogP contribution is -1.89. The molecule has 0 aliphatic rings. The predicted molar refractivity (Wildman–Crippen MR) is 62.1 cm³/mol. The highest BCUT2D eigenvalue weighted by Crippen LogP contribution is 2.05. The Labute approximate surface area is 93.7 Å². The first-order chi connectivity index (χ1) is 7.88. The zero-order valence-electron chi connectivity index (χ0n) is 8.54. The summed E-state index contributed by atoms with van der Waals surface area (Å²) in [7, 11) is 0. The molecule has 0 aliphatic heterocycles. The fourth-order valence-corrected chi connectivity index (χ4v) is 1.27. The molecule has 0 amide bonds. The van der Waals surface area contributed by atoms with Gasteiger partial charge in [0.25, 0.3) is 0 Å². The third kappa shape index (κ3) is 2.52. The van der Waals surface area contributed by atoms with Crippen LogP contribution in [0.1, 0.15) is 17.1 Å². The molecule has 2 rings (SSSR count). The Kier molecular flexibility index (Phi) is 3.05. The molecule has 1 aromatic carbocycles. The van der Waals surface area contributed by atoms with Gasteiger partial charge in [-0.1, -0.05) is 36.4 Å². The van der Waals surface area contributed by atoms with Crippen LogP contribution in [0.25, 0.3) is 12.2 Å². The summed E-state index contributed by atoms with van der Waals surface area (Å²) in [5, 5.41) is 8.65. The molecule has 0 radical (unpaired) electrons. The van der Waals surface area contributed by atoms with Gasteiger partial charge in [-0.2, -0.15) is 5.26 Å². The van der Waals surface area contributed by atoms with Gasteiger partial charge in [-0.25, -0.2) is 9.97 Å². The van der Waals surface area contributed by atoms with E-state index in [-0.39, 0.29) is 5.82 Å². The van der Waals surface area contributed by atoms with Crippen LogP contribution in [0.5, 0.6) is 0 Å². The minimum absolute atomic E-state index is 0.190. The van der Waals surface area contributed by atoms with Crippen molar-refractivity contribution in [2.45, 2.75) is 0 Å². The van der Waals surface area contributed by atoms with Crippen LogP contribution < -0.4 is 0 Å². The van der Waals surface area contributed by atoms with Gasteiger partial charge in [0.1, 0.15) is 6.07 Å². The largest absolute Gasteiger partial charge is 0.232 e. The molecule has 0 atom stereocenters. The number of hydrogen-bond acceptors (Lipinski definition) is 3. The maximum atomic E-state index is 8.65. The summed E-state index contributed by atoms with van der Waals surface area (Å²) in [5.41, 5.74) is 1.83. The molecule has 0 unspecified atom stereocenters. The van der Waals surface area contributed by atoms with Crippen molar-refractivity contribution in [1.82, 2.24) is 9.97 Å². The Morgan fingerprint density at radius 3 is 2.62 bits per heavy atom. The van der Waals surface area contributed by atoms with Crippen molar-refractivity contribution in [3.63, 3.8) is 0 Å². The van der Waals surface area contributed by atoms with Crippen LogP contribution in [0.3, 0.4) is 0 Å². The van der Waals surface area contributed by atoms with E-state index in [9.17, 15) is 0 Å². The predicted octanol–water partition coefficient (Wildman–Crippen LogP) is 2.52. The normalized spacial score (nSPS) is 10.2. The van der Waals surface area contributed by atoms with E-state index in [0.29, 0.717) is 0 Å². The summed E-state index contributed by atoms with van der Waals surface area (Å²) in [5.74, 6) is 0.190. The number of hydrogen-bond donors (Lipinski definition) is 0. The van der Waals surface area contributed by atoms with E-state index in [1.54, 1.807) is 12.3 Å². The average Bonchev–Trinajstić information content (AvgIpc) is 2.38. The van der Waals surface area contributed by atoms with Crippen LogP contribution in [-0.4, -0.2) is 9.97 Å². The van der Waals surface area contributed by atoms with E-state index in [2.05, 4.69) is 9.97 Å². The first-order valence-electron chi connectivity index (χ1n) is 4.85. The van der Waals surface area contributed by atoms with Crippen LogP contribution in [0.4, 0.5) is 0 Å². The van der Waals surface area contributed by atoms with E-state index < -0.39 is 0 Å². The molecular formula is C13H9N3. The van der Waals surface area contributed by atoms with Gasteiger partial charge >= 0.3 is 0 Å². The fraction of sp³-hybridized carbons (Fsp3) is 0. The van der Waals surface area contributed by atoms with Crippen LogP contribution in [0.2, 0.25) is 0 Å². The number of nitriles is 1. The highest BCUT2D eigenvalue weighted by molar-refractivity contribution is 5.67. The van der Waals surface area contributed by atoms with Crippen molar-refractivity contribution in [2.75, 3.05) is 0 Å². The van der Waals surface area contributed by atoms with Crippen molar-refractivity contribution in [3.8, 4) is 6.07 Å². The quantitative estimate of drug-likeness (QED) is 0.760. The Hall–Kier alpha value is -2.47. The van der Waals surface area contributed by atoms with Crippen LogP contribution in [-0.2, 0) is 0 Å². The molecule has 3 nitrogen and oxygen atoms in total. The molecular weight excluding hydrogens is 198 g/mol. The molecule has 0 N–H and O–H groups in total. The molecule has 0 aliphatic carbocycles. The summed E-state index contributed by atoms with van der Waals surface area (Å²) in [6.45, 7) is 0. The molecule has 3 heteroatoms. The van der Waals surface area contributed by atoms with Crippen molar-refractivity contribution in [2.24, 2.45) is 0 Å². The minimum Gasteiger partial charge on any atom is -0.227 e. The first kappa shape index (κ1) is 10.1. The Morgan fingerprint density at radius 1 is 1.06 bits per heavy atom. The van der Waals surface area contributed by atoms with Crippen molar-refractivity contribution in [1.29, 1.82) is 5.26 Å².